The molecule has 0 spiro atoms. The smallest absolute Gasteiger partial charge is 0.316 e. The molecule has 0 radical (unpaired) electrons. The van der Waals surface area contributed by atoms with Crippen LogP contribution in [0.2, 0.25) is 0 Å². The van der Waals surface area contributed by atoms with E-state index in [9.17, 15) is 9.59 Å². The lowest BCUT2D eigenvalue weighted by molar-refractivity contribution is -0.144. The molecule has 0 unspecified atom stereocenters. The van der Waals surface area contributed by atoms with Crippen LogP contribution in [0.25, 0.3) is 0 Å². The summed E-state index contributed by atoms with van der Waals surface area (Å²) in [5.74, 6) is 0.673. The van der Waals surface area contributed by atoms with Crippen molar-refractivity contribution in [1.82, 2.24) is 0 Å². The van der Waals surface area contributed by atoms with Crippen molar-refractivity contribution in [3.63, 3.8) is 0 Å². The highest BCUT2D eigenvalue weighted by Crippen LogP contribution is 2.34. The number of hydrogen-bond donors (Lipinski definition) is 1. The molecule has 0 saturated heterocycles. The second kappa shape index (κ2) is 8.81. The van der Waals surface area contributed by atoms with E-state index in [1.165, 1.54) is 11.8 Å². The monoisotopic (exact) mass is 387 g/mol. The summed E-state index contributed by atoms with van der Waals surface area (Å²) in [4.78, 5) is 24.8. The summed E-state index contributed by atoms with van der Waals surface area (Å²) in [5, 5.41) is 2.76. The number of fused-ring (bicyclic) bond motifs is 1. The van der Waals surface area contributed by atoms with Gasteiger partial charge in [-0.15, -0.1) is 11.8 Å². The zero-order chi connectivity index (χ0) is 19.2. The molecule has 1 aliphatic heterocycles. The van der Waals surface area contributed by atoms with Gasteiger partial charge in [-0.2, -0.15) is 0 Å². The maximum Gasteiger partial charge on any atom is 0.316 e. The Labute approximate surface area is 162 Å². The van der Waals surface area contributed by atoms with Crippen molar-refractivity contribution in [2.75, 3.05) is 30.9 Å². The van der Waals surface area contributed by atoms with E-state index < -0.39 is 5.97 Å². The third-order valence-corrected chi connectivity index (χ3v) is 4.87. The average molecular weight is 387 g/mol. The lowest BCUT2D eigenvalue weighted by Gasteiger charge is -2.18. The van der Waals surface area contributed by atoms with Gasteiger partial charge in [0.2, 0.25) is 0 Å². The first-order chi connectivity index (χ1) is 13.0. The van der Waals surface area contributed by atoms with Crippen molar-refractivity contribution in [3.05, 3.63) is 47.5 Å². The van der Waals surface area contributed by atoms with E-state index in [0.717, 1.165) is 21.7 Å². The van der Waals surface area contributed by atoms with Crippen molar-refractivity contribution in [2.45, 2.75) is 18.7 Å². The number of amides is 1. The van der Waals surface area contributed by atoms with Gasteiger partial charge >= 0.3 is 5.97 Å². The molecule has 0 aliphatic carbocycles. The topological polar surface area (TPSA) is 73.9 Å². The highest BCUT2D eigenvalue weighted by atomic mass is 32.2. The Morgan fingerprint density at radius 3 is 2.67 bits per heavy atom. The van der Waals surface area contributed by atoms with E-state index >= 15 is 0 Å². The Bertz CT molecular complexity index is 852. The number of aryl methyl sites for hydroxylation is 2. The molecular formula is C20H21NO5S. The van der Waals surface area contributed by atoms with Crippen LogP contribution >= 0.6 is 11.8 Å². The van der Waals surface area contributed by atoms with Crippen LogP contribution < -0.4 is 14.8 Å². The summed E-state index contributed by atoms with van der Waals surface area (Å²) < 4.78 is 16.0. The fourth-order valence-corrected chi connectivity index (χ4v) is 3.22. The lowest BCUT2D eigenvalue weighted by atomic mass is 10.1. The normalized spacial score (nSPS) is 12.4. The van der Waals surface area contributed by atoms with Crippen molar-refractivity contribution in [3.8, 4) is 11.5 Å². The number of ether oxygens (including phenoxy) is 3. The van der Waals surface area contributed by atoms with Crippen LogP contribution in [0.15, 0.2) is 41.3 Å². The second-order valence-electron chi connectivity index (χ2n) is 6.12. The van der Waals surface area contributed by atoms with Gasteiger partial charge in [-0.3, -0.25) is 9.59 Å². The fraction of sp³-hybridized carbons (Fsp3) is 0.300. The predicted octanol–water partition coefficient (Wildman–Crippen LogP) is 3.35. The standard InChI is InChI=1S/C20H21NO5S/c1-13-3-4-14(2)16(9-13)21-19(22)11-26-20(23)12-27-15-5-6-17-18(10-15)25-8-7-24-17/h3-6,9-10H,7-8,11-12H2,1-2H3,(H,21,22). The van der Waals surface area contributed by atoms with Crippen molar-refractivity contribution in [1.29, 1.82) is 0 Å². The van der Waals surface area contributed by atoms with Crippen LogP contribution in [-0.2, 0) is 14.3 Å². The summed E-state index contributed by atoms with van der Waals surface area (Å²) in [5.41, 5.74) is 2.72. The summed E-state index contributed by atoms with van der Waals surface area (Å²) in [6.45, 7) is 4.60. The number of carbonyl (C=O) groups is 2. The van der Waals surface area contributed by atoms with Crippen LogP contribution in [0.1, 0.15) is 11.1 Å². The molecular weight excluding hydrogens is 366 g/mol. The van der Waals surface area contributed by atoms with Crippen LogP contribution in [-0.4, -0.2) is 37.4 Å². The Morgan fingerprint density at radius 1 is 1.07 bits per heavy atom. The molecule has 0 bridgehead atoms. The van der Waals surface area contributed by atoms with Gasteiger partial charge < -0.3 is 19.5 Å². The number of esters is 1. The summed E-state index contributed by atoms with van der Waals surface area (Å²) in [6, 6.07) is 11.3. The van der Waals surface area contributed by atoms with Crippen LogP contribution in [0.4, 0.5) is 5.69 Å². The van der Waals surface area contributed by atoms with Gasteiger partial charge in [0.1, 0.15) is 13.2 Å². The summed E-state index contributed by atoms with van der Waals surface area (Å²) in [7, 11) is 0. The first-order valence-corrected chi connectivity index (χ1v) is 9.55. The molecule has 7 heteroatoms. The Balaban J connectivity index is 1.44. The van der Waals surface area contributed by atoms with Gasteiger partial charge in [-0.25, -0.2) is 0 Å². The maximum atomic E-state index is 12.0. The molecule has 6 nitrogen and oxygen atoms in total. The largest absolute Gasteiger partial charge is 0.486 e. The van der Waals surface area contributed by atoms with Gasteiger partial charge in [0.25, 0.3) is 5.91 Å². The molecule has 0 aromatic heterocycles. The molecule has 0 fully saturated rings. The molecule has 142 valence electrons. The SMILES string of the molecule is Cc1ccc(C)c(NC(=O)COC(=O)CSc2ccc3c(c2)OCCO3)c1. The minimum absolute atomic E-state index is 0.108. The van der Waals surface area contributed by atoms with E-state index in [1.54, 1.807) is 0 Å². The van der Waals surface area contributed by atoms with E-state index in [0.29, 0.717) is 24.7 Å². The van der Waals surface area contributed by atoms with Crippen LogP contribution in [0, 0.1) is 13.8 Å². The number of carbonyl (C=O) groups excluding carboxylic acids is 2. The van der Waals surface area contributed by atoms with Crippen LogP contribution in [0.3, 0.4) is 0 Å². The molecule has 3 rings (SSSR count). The zero-order valence-electron chi connectivity index (χ0n) is 15.2. The Kier molecular flexibility index (Phi) is 6.24. The molecule has 1 aliphatic rings. The zero-order valence-corrected chi connectivity index (χ0v) is 16.1. The molecule has 1 heterocycles. The third-order valence-electron chi connectivity index (χ3n) is 3.90. The molecule has 2 aromatic carbocycles. The Morgan fingerprint density at radius 2 is 1.85 bits per heavy atom. The van der Waals surface area contributed by atoms with Gasteiger partial charge in [0.05, 0.1) is 5.75 Å². The minimum Gasteiger partial charge on any atom is -0.486 e. The number of thioether (sulfide) groups is 1. The quantitative estimate of drug-likeness (QED) is 0.605. The highest BCUT2D eigenvalue weighted by molar-refractivity contribution is 8.00. The molecule has 27 heavy (non-hydrogen) atoms. The van der Waals surface area contributed by atoms with Gasteiger partial charge in [0.15, 0.2) is 18.1 Å². The minimum atomic E-state index is -0.453. The molecule has 1 amide bonds. The maximum absolute atomic E-state index is 12.0. The number of nitrogens with one attached hydrogen (secondary N) is 1. The number of anilines is 1. The summed E-state index contributed by atoms with van der Waals surface area (Å²) in [6.07, 6.45) is 0. The van der Waals surface area contributed by atoms with Gasteiger partial charge in [-0.1, -0.05) is 12.1 Å². The number of rotatable bonds is 6. The van der Waals surface area contributed by atoms with Crippen LogP contribution in [0.5, 0.6) is 11.5 Å². The number of hydrogen-bond acceptors (Lipinski definition) is 6. The van der Waals surface area contributed by atoms with Crippen molar-refractivity contribution >= 4 is 29.3 Å². The fourth-order valence-electron chi connectivity index (χ4n) is 2.50. The van der Waals surface area contributed by atoms with E-state index in [2.05, 4.69) is 5.32 Å². The van der Waals surface area contributed by atoms with Gasteiger partial charge in [0, 0.05) is 10.6 Å². The molecule has 1 N–H and O–H groups in total. The second-order valence-corrected chi connectivity index (χ2v) is 7.17. The van der Waals surface area contributed by atoms with Crippen molar-refractivity contribution in [2.24, 2.45) is 0 Å². The third kappa shape index (κ3) is 5.40. The molecule has 0 atom stereocenters. The van der Waals surface area contributed by atoms with Gasteiger partial charge in [-0.05, 0) is 49.2 Å². The summed E-state index contributed by atoms with van der Waals surface area (Å²) >= 11 is 1.32. The Hall–Kier alpha value is -2.67. The van der Waals surface area contributed by atoms with E-state index in [-0.39, 0.29) is 18.3 Å². The average Bonchev–Trinajstić information content (AvgIpc) is 2.67. The number of benzene rings is 2. The van der Waals surface area contributed by atoms with Crippen molar-refractivity contribution < 1.29 is 23.8 Å². The highest BCUT2D eigenvalue weighted by Gasteiger charge is 2.14. The molecule has 0 saturated carbocycles. The lowest BCUT2D eigenvalue weighted by Crippen LogP contribution is -2.22. The van der Waals surface area contributed by atoms with E-state index in [1.807, 2.05) is 50.2 Å². The van der Waals surface area contributed by atoms with E-state index in [4.69, 9.17) is 14.2 Å². The first-order valence-electron chi connectivity index (χ1n) is 8.56. The predicted molar refractivity (Wildman–Crippen MR) is 104 cm³/mol. The first kappa shape index (κ1) is 19.1. The molecule has 2 aromatic rings.